The number of pyridine rings is 2. The van der Waals surface area contributed by atoms with E-state index in [1.54, 1.807) is 0 Å². The van der Waals surface area contributed by atoms with E-state index in [0.29, 0.717) is 0 Å². The molecule has 8 rings (SSSR count). The Morgan fingerprint density at radius 1 is 0.800 bits per heavy atom. The molecule has 0 N–H and O–H groups in total. The number of hydrogen-bond acceptors (Lipinski definition) is 1. The van der Waals surface area contributed by atoms with Gasteiger partial charge >= 0.3 is 5.66 Å². The molecule has 1 atom stereocenters. The van der Waals surface area contributed by atoms with Crippen LogP contribution in [0.5, 0.6) is 0 Å². The average molecular weight is 457 g/mol. The van der Waals surface area contributed by atoms with Gasteiger partial charge in [-0.1, -0.05) is 11.6 Å². The van der Waals surface area contributed by atoms with Gasteiger partial charge < -0.3 is 4.42 Å². The van der Waals surface area contributed by atoms with Crippen LogP contribution >= 0.6 is 0 Å². The molecule has 1 aliphatic carbocycles. The maximum Gasteiger partial charge on any atom is 0.417 e. The second-order valence-electron chi connectivity index (χ2n) is 10.6. The molecule has 2 aliphatic heterocycles. The van der Waals surface area contributed by atoms with E-state index in [4.69, 9.17) is 4.42 Å². The van der Waals surface area contributed by atoms with Crippen molar-refractivity contribution in [1.82, 2.24) is 0 Å². The van der Waals surface area contributed by atoms with E-state index in [9.17, 15) is 0 Å². The molecule has 0 fully saturated rings. The lowest BCUT2D eigenvalue weighted by atomic mass is 9.87. The summed E-state index contributed by atoms with van der Waals surface area (Å²) in [7, 11) is 0. The Hall–Kier alpha value is -3.72. The van der Waals surface area contributed by atoms with E-state index in [0.717, 1.165) is 18.4 Å². The van der Waals surface area contributed by atoms with Crippen molar-refractivity contribution in [2.24, 2.45) is 0 Å². The third kappa shape index (κ3) is 2.23. The maximum absolute atomic E-state index is 6.71. The fraction of sp³-hybridized carbons (Fsp3) is 0.250. The Kier molecular flexibility index (Phi) is 3.63. The molecule has 0 saturated carbocycles. The lowest BCUT2D eigenvalue weighted by Gasteiger charge is -2.18. The Labute approximate surface area is 205 Å². The minimum atomic E-state index is -0.470. The number of aromatic nitrogens is 2. The van der Waals surface area contributed by atoms with Crippen LogP contribution in [0, 0.1) is 20.8 Å². The Bertz CT molecular complexity index is 1740. The van der Waals surface area contributed by atoms with Crippen LogP contribution in [-0.4, -0.2) is 0 Å². The van der Waals surface area contributed by atoms with Crippen molar-refractivity contribution in [2.75, 3.05) is 0 Å². The van der Waals surface area contributed by atoms with Crippen LogP contribution in [0.25, 0.3) is 33.5 Å². The fourth-order valence-electron chi connectivity index (χ4n) is 6.98. The van der Waals surface area contributed by atoms with Crippen molar-refractivity contribution in [1.29, 1.82) is 0 Å². The number of furan rings is 1. The lowest BCUT2D eigenvalue weighted by molar-refractivity contribution is -0.955. The molecular formula is C32H28N2O+2. The van der Waals surface area contributed by atoms with Crippen LogP contribution in [0.2, 0.25) is 0 Å². The molecule has 170 valence electrons. The van der Waals surface area contributed by atoms with Crippen LogP contribution in [0.3, 0.4) is 0 Å². The Morgan fingerprint density at radius 2 is 1.69 bits per heavy atom. The molecular weight excluding hydrogens is 428 g/mol. The highest BCUT2D eigenvalue weighted by atomic mass is 16.3. The number of benzene rings is 2. The first-order chi connectivity index (χ1) is 17.1. The third-order valence-electron chi connectivity index (χ3n) is 8.70. The predicted molar refractivity (Wildman–Crippen MR) is 136 cm³/mol. The van der Waals surface area contributed by atoms with Crippen LogP contribution in [0.15, 0.2) is 71.4 Å². The van der Waals surface area contributed by atoms with Gasteiger partial charge in [0.25, 0.3) is 0 Å². The molecule has 3 aromatic heterocycles. The summed E-state index contributed by atoms with van der Waals surface area (Å²) >= 11 is 0. The SMILES string of the molecule is Cc1ccc2c(c1)C1(c3ccc4c5c(oc4c3-c3cccc[n+]31)CCCC5)[n+]1cc(C)c(C)cc1-2. The van der Waals surface area contributed by atoms with Gasteiger partial charge in [-0.05, 0) is 75.9 Å². The lowest BCUT2D eigenvalue weighted by Crippen LogP contribution is -2.71. The van der Waals surface area contributed by atoms with Crippen LogP contribution in [-0.2, 0) is 18.5 Å². The van der Waals surface area contributed by atoms with Crippen molar-refractivity contribution in [3.63, 3.8) is 0 Å². The zero-order valence-electron chi connectivity index (χ0n) is 20.5. The summed E-state index contributed by atoms with van der Waals surface area (Å²) in [5, 5.41) is 1.30. The van der Waals surface area contributed by atoms with Gasteiger partial charge in [-0.3, -0.25) is 0 Å². The number of hydrogen-bond donors (Lipinski definition) is 0. The van der Waals surface area contributed by atoms with Gasteiger partial charge in [0.1, 0.15) is 28.0 Å². The largest absolute Gasteiger partial charge is 0.460 e. The summed E-state index contributed by atoms with van der Waals surface area (Å²) in [5.41, 5.74) is 13.7. The van der Waals surface area contributed by atoms with Gasteiger partial charge in [0, 0.05) is 41.1 Å². The van der Waals surface area contributed by atoms with Crippen molar-refractivity contribution >= 4 is 11.0 Å². The highest BCUT2D eigenvalue weighted by Gasteiger charge is 2.67. The summed E-state index contributed by atoms with van der Waals surface area (Å²) in [6.45, 7) is 6.64. The van der Waals surface area contributed by atoms with Gasteiger partial charge in [-0.15, -0.1) is 9.13 Å². The quantitative estimate of drug-likeness (QED) is 0.254. The molecule has 2 aromatic carbocycles. The van der Waals surface area contributed by atoms with Gasteiger partial charge in [-0.2, -0.15) is 0 Å². The molecule has 35 heavy (non-hydrogen) atoms. The minimum absolute atomic E-state index is 0.470. The molecule has 1 spiro atoms. The first-order valence-electron chi connectivity index (χ1n) is 12.8. The van der Waals surface area contributed by atoms with Crippen LogP contribution in [0.1, 0.15) is 52.0 Å². The first kappa shape index (κ1) is 19.6. The van der Waals surface area contributed by atoms with E-state index in [2.05, 4.69) is 96.9 Å². The van der Waals surface area contributed by atoms with E-state index >= 15 is 0 Å². The zero-order valence-corrected chi connectivity index (χ0v) is 20.5. The van der Waals surface area contributed by atoms with Crippen LogP contribution < -0.4 is 9.13 Å². The smallest absolute Gasteiger partial charge is 0.417 e. The summed E-state index contributed by atoms with van der Waals surface area (Å²) in [4.78, 5) is 0. The van der Waals surface area contributed by atoms with E-state index in [1.165, 1.54) is 79.9 Å². The summed E-state index contributed by atoms with van der Waals surface area (Å²) < 4.78 is 11.7. The zero-order chi connectivity index (χ0) is 23.5. The van der Waals surface area contributed by atoms with Crippen molar-refractivity contribution in [3.8, 4) is 22.5 Å². The topological polar surface area (TPSA) is 20.9 Å². The number of nitrogens with zero attached hydrogens (tertiary/aromatic N) is 2. The standard InChI is InChI=1S/C32H28N2O/c1-19-11-12-24-26(16-19)32(34-18-21(3)20(2)17-28(24)34)25-14-13-23-22-8-4-5-10-29(22)35-31(23)30(25)27-9-6-7-15-33(27)32/h6-7,9,11-18H,4-5,8,10H2,1-3H3/q+2. The normalized spacial score (nSPS) is 18.9. The van der Waals surface area contributed by atoms with Gasteiger partial charge in [0.15, 0.2) is 12.4 Å². The van der Waals surface area contributed by atoms with E-state index in [-0.39, 0.29) is 0 Å². The molecule has 5 aromatic rings. The summed E-state index contributed by atoms with van der Waals surface area (Å²) in [6, 6.07) is 20.6. The Balaban J connectivity index is 1.58. The van der Waals surface area contributed by atoms with Crippen LogP contribution in [0.4, 0.5) is 0 Å². The highest BCUT2D eigenvalue weighted by Crippen LogP contribution is 2.50. The number of fused-ring (bicyclic) bond motifs is 14. The maximum atomic E-state index is 6.71. The average Bonchev–Trinajstić information content (AvgIpc) is 3.48. The van der Waals surface area contributed by atoms with Gasteiger partial charge in [0.2, 0.25) is 11.4 Å². The van der Waals surface area contributed by atoms with E-state index in [1.807, 2.05) is 0 Å². The second-order valence-corrected chi connectivity index (χ2v) is 10.6. The second kappa shape index (κ2) is 6.48. The highest BCUT2D eigenvalue weighted by molar-refractivity contribution is 5.97. The third-order valence-corrected chi connectivity index (χ3v) is 8.70. The number of rotatable bonds is 0. The molecule has 0 bridgehead atoms. The molecule has 0 radical (unpaired) electrons. The van der Waals surface area contributed by atoms with Gasteiger partial charge in [-0.25, -0.2) is 0 Å². The first-order valence-corrected chi connectivity index (χ1v) is 12.8. The molecule has 3 heteroatoms. The Morgan fingerprint density at radius 3 is 2.60 bits per heavy atom. The molecule has 3 aliphatic rings. The van der Waals surface area contributed by atoms with E-state index < -0.39 is 5.66 Å². The molecule has 0 amide bonds. The molecule has 5 heterocycles. The minimum Gasteiger partial charge on any atom is -0.460 e. The molecule has 1 unspecified atom stereocenters. The summed E-state index contributed by atoms with van der Waals surface area (Å²) in [5.74, 6) is 1.20. The summed E-state index contributed by atoms with van der Waals surface area (Å²) in [6.07, 6.45) is 9.26. The van der Waals surface area contributed by atoms with Gasteiger partial charge in [0.05, 0.1) is 5.56 Å². The molecule has 3 nitrogen and oxygen atoms in total. The fourth-order valence-corrected chi connectivity index (χ4v) is 6.98. The molecule has 0 saturated heterocycles. The monoisotopic (exact) mass is 456 g/mol. The van der Waals surface area contributed by atoms with Crippen molar-refractivity contribution in [2.45, 2.75) is 52.1 Å². The van der Waals surface area contributed by atoms with Crippen molar-refractivity contribution < 1.29 is 13.6 Å². The predicted octanol–water partition coefficient (Wildman–Crippen LogP) is 6.07. The van der Waals surface area contributed by atoms with Crippen molar-refractivity contribution in [3.05, 3.63) is 106 Å². The number of aryl methyl sites for hydroxylation is 5.